The fraction of sp³-hybridized carbons (Fsp3) is 0.182. The van der Waals surface area contributed by atoms with Crippen LogP contribution in [0.4, 0.5) is 5.69 Å². The number of nitrogens with one attached hydrogen (secondary N) is 1. The van der Waals surface area contributed by atoms with Crippen molar-refractivity contribution in [1.29, 1.82) is 0 Å². The Hall–Kier alpha value is -1.28. The third-order valence-electron chi connectivity index (χ3n) is 1.83. The molecule has 1 aromatic carbocycles. The molecule has 14 heavy (non-hydrogen) atoms. The van der Waals surface area contributed by atoms with Crippen LogP contribution in [-0.4, -0.2) is 6.29 Å². The number of benzene rings is 1. The van der Waals surface area contributed by atoms with Gasteiger partial charge in [-0.25, -0.2) is 0 Å². The highest BCUT2D eigenvalue weighted by Gasteiger charge is 1.91. The van der Waals surface area contributed by atoms with Crippen molar-refractivity contribution >= 4 is 23.6 Å². The molecule has 0 aliphatic rings. The van der Waals surface area contributed by atoms with Crippen LogP contribution < -0.4 is 5.32 Å². The van der Waals surface area contributed by atoms with E-state index >= 15 is 0 Å². The number of carbonyl (C=O) groups excluding carboxylic acids is 1. The van der Waals surface area contributed by atoms with Gasteiger partial charge in [0.05, 0.1) is 0 Å². The molecule has 0 amide bonds. The first-order valence-corrected chi connectivity index (χ1v) is 4.80. The topological polar surface area (TPSA) is 29.1 Å². The van der Waals surface area contributed by atoms with E-state index in [0.717, 1.165) is 24.0 Å². The zero-order valence-electron chi connectivity index (χ0n) is 7.96. The summed E-state index contributed by atoms with van der Waals surface area (Å²) in [5.41, 5.74) is 1.65. The largest absolute Gasteiger partial charge is 0.361 e. The van der Waals surface area contributed by atoms with Gasteiger partial charge in [0.1, 0.15) is 6.29 Å². The Labute approximate surface area is 88.6 Å². The van der Waals surface area contributed by atoms with Gasteiger partial charge >= 0.3 is 0 Å². The second-order valence-electron chi connectivity index (χ2n) is 2.84. The maximum Gasteiger partial charge on any atom is 0.147 e. The van der Waals surface area contributed by atoms with E-state index in [1.165, 1.54) is 0 Å². The molecule has 0 fully saturated rings. The number of hydrogen-bond donors (Lipinski definition) is 1. The second-order valence-corrected chi connectivity index (χ2v) is 3.28. The minimum atomic E-state index is 0.700. The first-order valence-electron chi connectivity index (χ1n) is 4.42. The van der Waals surface area contributed by atoms with Gasteiger partial charge in [0.2, 0.25) is 0 Å². The molecule has 3 heteroatoms. The highest BCUT2D eigenvalue weighted by atomic mass is 35.5. The highest BCUT2D eigenvalue weighted by molar-refractivity contribution is 6.30. The molecule has 74 valence electrons. The molecule has 1 rings (SSSR count). The maximum absolute atomic E-state index is 10.5. The summed E-state index contributed by atoms with van der Waals surface area (Å²) in [6.07, 6.45) is 3.28. The van der Waals surface area contributed by atoms with Gasteiger partial charge in [-0.2, -0.15) is 0 Å². The van der Waals surface area contributed by atoms with Crippen LogP contribution in [0.5, 0.6) is 0 Å². The molecule has 0 saturated heterocycles. The van der Waals surface area contributed by atoms with Gasteiger partial charge < -0.3 is 5.32 Å². The molecule has 1 aromatic rings. The lowest BCUT2D eigenvalue weighted by molar-refractivity contribution is -0.105. The number of hydrogen-bond acceptors (Lipinski definition) is 2. The van der Waals surface area contributed by atoms with Crippen LogP contribution in [0.25, 0.3) is 0 Å². The first-order chi connectivity index (χ1) is 6.76. The molecule has 0 aliphatic heterocycles. The van der Waals surface area contributed by atoms with E-state index in [2.05, 4.69) is 5.32 Å². The number of carbonyl (C=O) groups is 1. The lowest BCUT2D eigenvalue weighted by Crippen LogP contribution is -1.91. The number of rotatable bonds is 4. The van der Waals surface area contributed by atoms with Crippen LogP contribution in [0.3, 0.4) is 0 Å². The summed E-state index contributed by atoms with van der Waals surface area (Å²) in [5, 5.41) is 3.72. The quantitative estimate of drug-likeness (QED) is 0.609. The fourth-order valence-corrected chi connectivity index (χ4v) is 1.07. The molecule has 0 aliphatic carbocycles. The summed E-state index contributed by atoms with van der Waals surface area (Å²) in [7, 11) is 0. The van der Waals surface area contributed by atoms with Crippen molar-refractivity contribution in [3.63, 3.8) is 0 Å². The van der Waals surface area contributed by atoms with E-state index in [-0.39, 0.29) is 0 Å². The molecular weight excluding hydrogens is 198 g/mol. The van der Waals surface area contributed by atoms with Gasteiger partial charge in [0, 0.05) is 22.5 Å². The summed E-state index contributed by atoms with van der Waals surface area (Å²) in [6.45, 7) is 1.93. The van der Waals surface area contributed by atoms with Crippen LogP contribution in [-0.2, 0) is 4.79 Å². The van der Waals surface area contributed by atoms with Gasteiger partial charge in [-0.3, -0.25) is 4.79 Å². The van der Waals surface area contributed by atoms with E-state index in [1.54, 1.807) is 18.3 Å². The number of halogens is 1. The van der Waals surface area contributed by atoms with Crippen LogP contribution >= 0.6 is 11.6 Å². The van der Waals surface area contributed by atoms with E-state index < -0.39 is 0 Å². The van der Waals surface area contributed by atoms with Gasteiger partial charge in [0.15, 0.2) is 0 Å². The van der Waals surface area contributed by atoms with Crippen molar-refractivity contribution in [1.82, 2.24) is 0 Å². The van der Waals surface area contributed by atoms with Crippen molar-refractivity contribution in [3.8, 4) is 0 Å². The zero-order chi connectivity index (χ0) is 10.4. The Morgan fingerprint density at radius 2 is 2.07 bits per heavy atom. The Bertz CT molecular complexity index is 330. The summed E-state index contributed by atoms with van der Waals surface area (Å²) in [6, 6.07) is 7.31. The lowest BCUT2D eigenvalue weighted by atomic mass is 10.2. The molecule has 1 N–H and O–H groups in total. The van der Waals surface area contributed by atoms with Crippen LogP contribution in [0.15, 0.2) is 36.0 Å². The summed E-state index contributed by atoms with van der Waals surface area (Å²) >= 11 is 5.73. The van der Waals surface area contributed by atoms with Crippen molar-refractivity contribution < 1.29 is 4.79 Å². The van der Waals surface area contributed by atoms with Gasteiger partial charge in [-0.1, -0.05) is 18.5 Å². The molecule has 0 heterocycles. The SMILES string of the molecule is CC/C(C=O)=C\Nc1ccc(Cl)cc1. The van der Waals surface area contributed by atoms with Crippen molar-refractivity contribution in [2.24, 2.45) is 0 Å². The van der Waals surface area contributed by atoms with Gasteiger partial charge in [-0.05, 0) is 30.7 Å². The van der Waals surface area contributed by atoms with Crippen LogP contribution in [0, 0.1) is 0 Å². The Balaban J connectivity index is 2.65. The monoisotopic (exact) mass is 209 g/mol. The molecule has 0 aromatic heterocycles. The van der Waals surface area contributed by atoms with Crippen molar-refractivity contribution in [2.75, 3.05) is 5.32 Å². The molecular formula is C11H12ClNO. The summed E-state index contributed by atoms with van der Waals surface area (Å²) in [5.74, 6) is 0. The third kappa shape index (κ3) is 3.23. The minimum absolute atomic E-state index is 0.700. The zero-order valence-corrected chi connectivity index (χ0v) is 8.71. The average Bonchev–Trinajstić information content (AvgIpc) is 2.22. The Morgan fingerprint density at radius 3 is 2.57 bits per heavy atom. The minimum Gasteiger partial charge on any atom is -0.361 e. The van der Waals surface area contributed by atoms with Gasteiger partial charge in [-0.15, -0.1) is 0 Å². The fourth-order valence-electron chi connectivity index (χ4n) is 0.942. The molecule has 2 nitrogen and oxygen atoms in total. The number of aldehydes is 1. The lowest BCUT2D eigenvalue weighted by Gasteiger charge is -2.01. The van der Waals surface area contributed by atoms with E-state index in [0.29, 0.717) is 5.02 Å². The summed E-state index contributed by atoms with van der Waals surface area (Å²) < 4.78 is 0. The van der Waals surface area contributed by atoms with Crippen LogP contribution in [0.2, 0.25) is 5.02 Å². The van der Waals surface area contributed by atoms with Crippen LogP contribution in [0.1, 0.15) is 13.3 Å². The molecule has 0 unspecified atom stereocenters. The highest BCUT2D eigenvalue weighted by Crippen LogP contribution is 2.13. The first kappa shape index (κ1) is 10.8. The van der Waals surface area contributed by atoms with E-state index in [9.17, 15) is 4.79 Å². The molecule has 0 radical (unpaired) electrons. The van der Waals surface area contributed by atoms with E-state index in [1.807, 2.05) is 19.1 Å². The normalized spacial score (nSPS) is 11.1. The Kier molecular flexibility index (Phi) is 4.20. The summed E-state index contributed by atoms with van der Waals surface area (Å²) in [4.78, 5) is 10.5. The predicted octanol–water partition coefficient (Wildman–Crippen LogP) is 3.24. The van der Waals surface area contributed by atoms with Gasteiger partial charge in [0.25, 0.3) is 0 Å². The third-order valence-corrected chi connectivity index (χ3v) is 2.08. The van der Waals surface area contributed by atoms with Crippen molar-refractivity contribution in [3.05, 3.63) is 41.1 Å². The van der Waals surface area contributed by atoms with E-state index in [4.69, 9.17) is 11.6 Å². The predicted molar refractivity (Wildman–Crippen MR) is 59.5 cm³/mol. The maximum atomic E-state index is 10.5. The molecule has 0 atom stereocenters. The number of anilines is 1. The Morgan fingerprint density at radius 1 is 1.43 bits per heavy atom. The smallest absolute Gasteiger partial charge is 0.147 e. The molecule has 0 spiro atoms. The molecule has 0 bridgehead atoms. The van der Waals surface area contributed by atoms with Crippen molar-refractivity contribution in [2.45, 2.75) is 13.3 Å². The molecule has 0 saturated carbocycles. The standard InChI is InChI=1S/C11H12ClNO/c1-2-9(8-14)7-13-11-5-3-10(12)4-6-11/h3-8,13H,2H2,1H3/b9-7+. The number of allylic oxidation sites excluding steroid dienone is 1. The second kappa shape index (κ2) is 5.45. The average molecular weight is 210 g/mol.